The third kappa shape index (κ3) is 4.57. The molecule has 0 saturated heterocycles. The predicted molar refractivity (Wildman–Crippen MR) is 113 cm³/mol. The molecule has 2 aromatic rings. The summed E-state index contributed by atoms with van der Waals surface area (Å²) < 4.78 is 26.1. The Kier molecular flexibility index (Phi) is 5.86. The van der Waals surface area contributed by atoms with Gasteiger partial charge in [0.05, 0.1) is 19.3 Å². The van der Waals surface area contributed by atoms with E-state index in [9.17, 15) is 4.39 Å². The zero-order valence-electron chi connectivity index (χ0n) is 18.1. The molecule has 0 aromatic heterocycles. The highest BCUT2D eigenvalue weighted by Gasteiger charge is 2.37. The minimum Gasteiger partial charge on any atom is -0.497 e. The van der Waals surface area contributed by atoms with Gasteiger partial charge in [0.2, 0.25) is 0 Å². The molecule has 1 aliphatic carbocycles. The molecule has 1 aliphatic rings. The highest BCUT2D eigenvalue weighted by Crippen LogP contribution is 2.51. The lowest BCUT2D eigenvalue weighted by Crippen LogP contribution is -2.19. The number of rotatable bonds is 5. The molecule has 0 amide bonds. The molecule has 0 heterocycles. The van der Waals surface area contributed by atoms with Crippen LogP contribution in [0.3, 0.4) is 0 Å². The van der Waals surface area contributed by atoms with Gasteiger partial charge >= 0.3 is 0 Å². The first-order valence-corrected chi connectivity index (χ1v) is 10.2. The Bertz CT molecular complexity index is 833. The minimum atomic E-state index is -0.212. The summed E-state index contributed by atoms with van der Waals surface area (Å²) in [5.41, 5.74) is 3.96. The maximum atomic E-state index is 14.8. The first kappa shape index (κ1) is 20.9. The quantitative estimate of drug-likeness (QED) is 0.547. The highest BCUT2D eigenvalue weighted by atomic mass is 19.1. The van der Waals surface area contributed by atoms with Crippen LogP contribution in [0.15, 0.2) is 36.4 Å². The first-order valence-electron chi connectivity index (χ1n) is 10.2. The van der Waals surface area contributed by atoms with Crippen molar-refractivity contribution in [2.75, 3.05) is 7.11 Å². The standard InChI is InChI=1S/C25H33FO2/c1-24(2,3)28-16-17-9-11-19(21-15-18(27-6)10-12-23(21)26)20(14-17)22-8-7-13-25(22,4)5/h9-12,14-15,22H,7-8,13,16H2,1-6H3/t22-/m0/s1. The molecule has 0 N–H and O–H groups in total. The van der Waals surface area contributed by atoms with Crippen molar-refractivity contribution in [3.05, 3.63) is 53.3 Å². The highest BCUT2D eigenvalue weighted by molar-refractivity contribution is 5.71. The van der Waals surface area contributed by atoms with Crippen molar-refractivity contribution >= 4 is 0 Å². The summed E-state index contributed by atoms with van der Waals surface area (Å²) in [6.07, 6.45) is 3.54. The molecule has 3 heteroatoms. The van der Waals surface area contributed by atoms with E-state index in [1.807, 2.05) is 0 Å². The van der Waals surface area contributed by atoms with E-state index in [-0.39, 0.29) is 16.8 Å². The fourth-order valence-corrected chi connectivity index (χ4v) is 4.28. The summed E-state index contributed by atoms with van der Waals surface area (Å²) in [7, 11) is 1.62. The number of hydrogen-bond acceptors (Lipinski definition) is 2. The maximum Gasteiger partial charge on any atom is 0.131 e. The van der Waals surface area contributed by atoms with Gasteiger partial charge in [-0.3, -0.25) is 0 Å². The molecule has 28 heavy (non-hydrogen) atoms. The third-order valence-electron chi connectivity index (χ3n) is 5.88. The first-order chi connectivity index (χ1) is 13.1. The number of ether oxygens (including phenoxy) is 2. The monoisotopic (exact) mass is 384 g/mol. The lowest BCUT2D eigenvalue weighted by atomic mass is 9.75. The SMILES string of the molecule is COc1ccc(F)c(-c2ccc(COC(C)(C)C)cc2[C@@H]2CCCC2(C)C)c1. The second-order valence-corrected chi connectivity index (χ2v) is 9.60. The van der Waals surface area contributed by atoms with E-state index < -0.39 is 0 Å². The molecular formula is C25H33FO2. The Morgan fingerprint density at radius 3 is 2.43 bits per heavy atom. The molecule has 152 valence electrons. The topological polar surface area (TPSA) is 18.5 Å². The van der Waals surface area contributed by atoms with Gasteiger partial charge in [-0.05, 0) is 79.8 Å². The molecule has 2 nitrogen and oxygen atoms in total. The van der Waals surface area contributed by atoms with Crippen molar-refractivity contribution in [3.8, 4) is 16.9 Å². The van der Waals surface area contributed by atoms with E-state index in [2.05, 4.69) is 52.8 Å². The van der Waals surface area contributed by atoms with E-state index in [4.69, 9.17) is 9.47 Å². The smallest absolute Gasteiger partial charge is 0.131 e. The van der Waals surface area contributed by atoms with Crippen LogP contribution in [0.5, 0.6) is 5.75 Å². The summed E-state index contributed by atoms with van der Waals surface area (Å²) >= 11 is 0. The van der Waals surface area contributed by atoms with Gasteiger partial charge in [-0.1, -0.05) is 38.5 Å². The molecule has 0 bridgehead atoms. The van der Waals surface area contributed by atoms with Crippen LogP contribution in [0.2, 0.25) is 0 Å². The minimum absolute atomic E-state index is 0.190. The molecule has 1 atom stereocenters. The summed E-state index contributed by atoms with van der Waals surface area (Å²) in [4.78, 5) is 0. The van der Waals surface area contributed by atoms with Crippen LogP contribution in [0, 0.1) is 11.2 Å². The zero-order chi connectivity index (χ0) is 20.5. The van der Waals surface area contributed by atoms with E-state index in [0.717, 1.165) is 17.5 Å². The van der Waals surface area contributed by atoms with E-state index in [0.29, 0.717) is 23.8 Å². The van der Waals surface area contributed by atoms with Gasteiger partial charge in [0.1, 0.15) is 11.6 Å². The molecule has 0 unspecified atom stereocenters. The van der Waals surface area contributed by atoms with Crippen molar-refractivity contribution in [3.63, 3.8) is 0 Å². The van der Waals surface area contributed by atoms with Crippen LogP contribution in [0.1, 0.15) is 70.9 Å². The normalized spacial score (nSPS) is 19.0. The van der Waals surface area contributed by atoms with Crippen LogP contribution >= 0.6 is 0 Å². The summed E-state index contributed by atoms with van der Waals surface area (Å²) in [5.74, 6) is 0.868. The Morgan fingerprint density at radius 1 is 1.07 bits per heavy atom. The van der Waals surface area contributed by atoms with Crippen molar-refractivity contribution < 1.29 is 13.9 Å². The van der Waals surface area contributed by atoms with Gasteiger partial charge in [-0.25, -0.2) is 4.39 Å². The second-order valence-electron chi connectivity index (χ2n) is 9.60. The van der Waals surface area contributed by atoms with Crippen LogP contribution in [0.25, 0.3) is 11.1 Å². The van der Waals surface area contributed by atoms with Crippen molar-refractivity contribution in [2.45, 2.75) is 72.0 Å². The summed E-state index contributed by atoms with van der Waals surface area (Å²) in [6.45, 7) is 11.4. The van der Waals surface area contributed by atoms with Gasteiger partial charge in [-0.15, -0.1) is 0 Å². The largest absolute Gasteiger partial charge is 0.497 e. The lowest BCUT2D eigenvalue weighted by Gasteiger charge is -2.30. The lowest BCUT2D eigenvalue weighted by molar-refractivity contribution is -0.0150. The Hall–Kier alpha value is -1.87. The molecule has 2 aromatic carbocycles. The van der Waals surface area contributed by atoms with Crippen LogP contribution in [-0.2, 0) is 11.3 Å². The number of hydrogen-bond donors (Lipinski definition) is 0. The maximum absolute atomic E-state index is 14.8. The third-order valence-corrected chi connectivity index (χ3v) is 5.88. The van der Waals surface area contributed by atoms with Crippen molar-refractivity contribution in [2.24, 2.45) is 5.41 Å². The van der Waals surface area contributed by atoms with Crippen LogP contribution in [-0.4, -0.2) is 12.7 Å². The summed E-state index contributed by atoms with van der Waals surface area (Å²) in [6, 6.07) is 11.3. The molecule has 0 aliphatic heterocycles. The van der Waals surface area contributed by atoms with E-state index in [1.54, 1.807) is 19.2 Å². The van der Waals surface area contributed by atoms with Gasteiger partial charge in [-0.2, -0.15) is 0 Å². The van der Waals surface area contributed by atoms with Gasteiger partial charge < -0.3 is 9.47 Å². The average Bonchev–Trinajstić information content (AvgIpc) is 2.99. The molecule has 0 radical (unpaired) electrons. The molecule has 1 fully saturated rings. The van der Waals surface area contributed by atoms with Gasteiger partial charge in [0, 0.05) is 5.56 Å². The van der Waals surface area contributed by atoms with Gasteiger partial charge in [0.15, 0.2) is 0 Å². The molecule has 0 spiro atoms. The van der Waals surface area contributed by atoms with Crippen LogP contribution in [0.4, 0.5) is 4.39 Å². The molecule has 1 saturated carbocycles. The zero-order valence-corrected chi connectivity index (χ0v) is 18.1. The Labute approximate surface area is 169 Å². The second kappa shape index (κ2) is 7.87. The average molecular weight is 385 g/mol. The predicted octanol–water partition coefficient (Wildman–Crippen LogP) is 7.11. The number of methoxy groups -OCH3 is 1. The van der Waals surface area contributed by atoms with Crippen molar-refractivity contribution in [1.82, 2.24) is 0 Å². The fraction of sp³-hybridized carbons (Fsp3) is 0.520. The van der Waals surface area contributed by atoms with Crippen LogP contribution < -0.4 is 4.74 Å². The van der Waals surface area contributed by atoms with Crippen molar-refractivity contribution in [1.29, 1.82) is 0 Å². The Morgan fingerprint density at radius 2 is 1.82 bits per heavy atom. The van der Waals surface area contributed by atoms with E-state index >= 15 is 0 Å². The molecular weight excluding hydrogens is 351 g/mol. The fourth-order valence-electron chi connectivity index (χ4n) is 4.28. The van der Waals surface area contributed by atoms with E-state index in [1.165, 1.54) is 24.5 Å². The summed E-state index contributed by atoms with van der Waals surface area (Å²) in [5, 5.41) is 0. The number of halogens is 1. The molecule has 3 rings (SSSR count). The van der Waals surface area contributed by atoms with Gasteiger partial charge in [0.25, 0.3) is 0 Å². The number of benzene rings is 2. The Balaban J connectivity index is 2.09.